The molecule has 1 amide bonds. The number of nitrogens with zero attached hydrogens (tertiary/aromatic N) is 1. The third kappa shape index (κ3) is 3.89. The number of nitrogen functional groups attached to an aromatic ring is 1. The van der Waals surface area contributed by atoms with Gasteiger partial charge in [-0.25, -0.2) is 4.98 Å². The molecule has 1 atom stereocenters. The van der Waals surface area contributed by atoms with Crippen LogP contribution in [0.4, 0.5) is 11.4 Å². The summed E-state index contributed by atoms with van der Waals surface area (Å²) in [7, 11) is 0. The highest BCUT2D eigenvalue weighted by Gasteiger charge is 2.21. The molecule has 0 aliphatic rings. The number of aryl methyl sites for hydroxylation is 1. The Balaban J connectivity index is 1.71. The van der Waals surface area contributed by atoms with Crippen molar-refractivity contribution in [3.8, 4) is 0 Å². The molecule has 0 spiro atoms. The molecule has 0 fully saturated rings. The molecule has 4 rings (SSSR count). The molecule has 4 aromatic rings. The maximum atomic E-state index is 12.8. The number of carbonyl (C=O) groups excluding carboxylic acids is 1. The molecule has 1 unspecified atom stereocenters. The molecule has 29 heavy (non-hydrogen) atoms. The van der Waals surface area contributed by atoms with E-state index in [4.69, 9.17) is 5.73 Å². The van der Waals surface area contributed by atoms with Crippen molar-refractivity contribution in [1.29, 1.82) is 0 Å². The van der Waals surface area contributed by atoms with E-state index in [1.165, 1.54) is 11.3 Å². The third-order valence-corrected chi connectivity index (χ3v) is 6.26. The smallest absolute Gasteiger partial charge is 0.267 e. The minimum atomic E-state index is -0.814. The maximum absolute atomic E-state index is 12.8. The number of amides is 1. The van der Waals surface area contributed by atoms with E-state index >= 15 is 0 Å². The molecule has 7 heteroatoms. The van der Waals surface area contributed by atoms with Crippen molar-refractivity contribution in [2.75, 3.05) is 11.1 Å². The summed E-state index contributed by atoms with van der Waals surface area (Å²) in [5, 5.41) is 14.3. The van der Waals surface area contributed by atoms with Crippen LogP contribution in [0.15, 0.2) is 65.1 Å². The van der Waals surface area contributed by atoms with Crippen LogP contribution >= 0.6 is 27.3 Å². The Hall–Kier alpha value is -2.74. The lowest BCUT2D eigenvalue weighted by Crippen LogP contribution is -2.11. The molecule has 0 aliphatic carbocycles. The number of rotatable bonds is 4. The average Bonchev–Trinajstić information content (AvgIpc) is 3.03. The summed E-state index contributed by atoms with van der Waals surface area (Å²) < 4.78 is 0.872. The van der Waals surface area contributed by atoms with Crippen molar-refractivity contribution in [2.24, 2.45) is 0 Å². The second kappa shape index (κ2) is 7.94. The van der Waals surface area contributed by atoms with Gasteiger partial charge in [-0.2, -0.15) is 0 Å². The highest BCUT2D eigenvalue weighted by atomic mass is 79.9. The fourth-order valence-corrected chi connectivity index (χ4v) is 4.58. The Kier molecular flexibility index (Phi) is 5.36. The van der Waals surface area contributed by atoms with Gasteiger partial charge in [0.2, 0.25) is 0 Å². The van der Waals surface area contributed by atoms with Crippen molar-refractivity contribution in [1.82, 2.24) is 4.98 Å². The molecule has 2 heterocycles. The molecule has 0 saturated carbocycles. The number of carbonyl (C=O) groups is 1. The number of pyridine rings is 1. The molecule has 2 aromatic heterocycles. The van der Waals surface area contributed by atoms with Crippen LogP contribution in [0.25, 0.3) is 10.2 Å². The van der Waals surface area contributed by atoms with E-state index in [2.05, 4.69) is 26.2 Å². The predicted octanol–water partition coefficient (Wildman–Crippen LogP) is 5.28. The van der Waals surface area contributed by atoms with Crippen LogP contribution in [0.3, 0.4) is 0 Å². The number of fused-ring (bicyclic) bond motifs is 1. The molecule has 2 aromatic carbocycles. The first-order valence-electron chi connectivity index (χ1n) is 8.93. The molecule has 146 valence electrons. The van der Waals surface area contributed by atoms with Gasteiger partial charge in [0.25, 0.3) is 5.91 Å². The molecule has 4 N–H and O–H groups in total. The molecular weight excluding hydrogens is 450 g/mol. The summed E-state index contributed by atoms with van der Waals surface area (Å²) in [6.07, 6.45) is -0.814. The number of benzene rings is 2. The molecular formula is C22H18BrN3O2S. The highest BCUT2D eigenvalue weighted by Crippen LogP contribution is 2.36. The van der Waals surface area contributed by atoms with E-state index in [0.717, 1.165) is 10.0 Å². The Labute approximate surface area is 180 Å². The van der Waals surface area contributed by atoms with Crippen LogP contribution < -0.4 is 11.1 Å². The first-order chi connectivity index (χ1) is 13.9. The van der Waals surface area contributed by atoms with Gasteiger partial charge in [0.15, 0.2) is 0 Å². The summed E-state index contributed by atoms with van der Waals surface area (Å²) >= 11 is 4.64. The lowest BCUT2D eigenvalue weighted by molar-refractivity contribution is 0.103. The number of nitrogens with two attached hydrogens (primary N) is 1. The maximum Gasteiger partial charge on any atom is 0.267 e. The van der Waals surface area contributed by atoms with Gasteiger partial charge in [-0.15, -0.1) is 11.3 Å². The first-order valence-corrected chi connectivity index (χ1v) is 10.5. The van der Waals surface area contributed by atoms with Crippen molar-refractivity contribution >= 4 is 54.8 Å². The van der Waals surface area contributed by atoms with Crippen LogP contribution in [0.1, 0.15) is 32.6 Å². The van der Waals surface area contributed by atoms with Gasteiger partial charge in [0.05, 0.1) is 5.69 Å². The van der Waals surface area contributed by atoms with Gasteiger partial charge in [-0.3, -0.25) is 4.79 Å². The number of anilines is 2. The second-order valence-corrected chi connectivity index (χ2v) is 8.55. The summed E-state index contributed by atoms with van der Waals surface area (Å²) in [6.45, 7) is 1.85. The Morgan fingerprint density at radius 2 is 1.93 bits per heavy atom. The van der Waals surface area contributed by atoms with E-state index in [1.807, 2.05) is 67.6 Å². The van der Waals surface area contributed by atoms with Gasteiger partial charge in [0, 0.05) is 26.8 Å². The Morgan fingerprint density at radius 1 is 1.17 bits per heavy atom. The number of aliphatic hydroxyl groups is 1. The molecule has 0 aliphatic heterocycles. The summed E-state index contributed by atoms with van der Waals surface area (Å²) in [5.41, 5.74) is 9.49. The highest BCUT2D eigenvalue weighted by molar-refractivity contribution is 9.10. The lowest BCUT2D eigenvalue weighted by Gasteiger charge is -2.14. The minimum absolute atomic E-state index is 0.286. The third-order valence-electron chi connectivity index (χ3n) is 4.65. The fraction of sp³-hybridized carbons (Fsp3) is 0.0909. The van der Waals surface area contributed by atoms with E-state index in [9.17, 15) is 9.90 Å². The number of halogens is 1. The number of thiophene rings is 1. The topological polar surface area (TPSA) is 88.2 Å². The lowest BCUT2D eigenvalue weighted by atomic mass is 9.99. The average molecular weight is 468 g/mol. The van der Waals surface area contributed by atoms with Crippen LogP contribution in [0.5, 0.6) is 0 Å². The summed E-state index contributed by atoms with van der Waals surface area (Å²) in [4.78, 5) is 18.4. The number of hydrogen-bond donors (Lipinski definition) is 3. The zero-order valence-electron chi connectivity index (χ0n) is 15.5. The van der Waals surface area contributed by atoms with Crippen LogP contribution in [-0.2, 0) is 0 Å². The molecule has 0 saturated heterocycles. The molecule has 0 radical (unpaired) electrons. The number of nitrogens with one attached hydrogen (secondary N) is 1. The zero-order valence-corrected chi connectivity index (χ0v) is 17.9. The van der Waals surface area contributed by atoms with Crippen molar-refractivity contribution < 1.29 is 9.90 Å². The molecule has 5 nitrogen and oxygen atoms in total. The largest absolute Gasteiger partial charge is 0.397 e. The van der Waals surface area contributed by atoms with Gasteiger partial charge in [-0.1, -0.05) is 52.3 Å². The van der Waals surface area contributed by atoms with E-state index < -0.39 is 6.10 Å². The van der Waals surface area contributed by atoms with Crippen LogP contribution in [-0.4, -0.2) is 16.0 Å². The van der Waals surface area contributed by atoms with Crippen LogP contribution in [0.2, 0.25) is 0 Å². The first kappa shape index (κ1) is 19.6. The van der Waals surface area contributed by atoms with E-state index in [1.54, 1.807) is 0 Å². The SMILES string of the molecule is Cc1nc2sc(C(=O)Nc3cccc(Br)c3)c(N)c2cc1C(O)c1ccccc1. The fourth-order valence-electron chi connectivity index (χ4n) is 3.16. The number of aromatic nitrogens is 1. The number of hydrogen-bond acceptors (Lipinski definition) is 5. The summed E-state index contributed by atoms with van der Waals surface area (Å²) in [6, 6.07) is 18.6. The Bertz CT molecular complexity index is 1210. The molecule has 0 bridgehead atoms. The predicted molar refractivity (Wildman–Crippen MR) is 121 cm³/mol. The van der Waals surface area contributed by atoms with Crippen molar-refractivity contribution in [3.63, 3.8) is 0 Å². The number of aliphatic hydroxyl groups excluding tert-OH is 1. The van der Waals surface area contributed by atoms with E-state index in [-0.39, 0.29) is 5.91 Å². The van der Waals surface area contributed by atoms with Crippen molar-refractivity contribution in [2.45, 2.75) is 13.0 Å². The second-order valence-electron chi connectivity index (χ2n) is 6.64. The van der Waals surface area contributed by atoms with Crippen molar-refractivity contribution in [3.05, 3.63) is 86.8 Å². The monoisotopic (exact) mass is 467 g/mol. The zero-order chi connectivity index (χ0) is 20.5. The summed E-state index contributed by atoms with van der Waals surface area (Å²) in [5.74, 6) is -0.286. The van der Waals surface area contributed by atoms with Gasteiger partial charge >= 0.3 is 0 Å². The van der Waals surface area contributed by atoms with Gasteiger partial charge in [0.1, 0.15) is 15.8 Å². The van der Waals surface area contributed by atoms with Crippen LogP contribution in [0, 0.1) is 6.92 Å². The minimum Gasteiger partial charge on any atom is -0.397 e. The van der Waals surface area contributed by atoms with Gasteiger partial charge < -0.3 is 16.2 Å². The Morgan fingerprint density at radius 3 is 2.66 bits per heavy atom. The standard InChI is InChI=1S/C22H18BrN3O2S/c1-12-16(19(27)13-6-3-2-4-7-13)11-17-18(24)20(29-22(17)25-12)21(28)26-15-9-5-8-14(23)10-15/h2-11,19,27H,24H2,1H3,(H,26,28). The van der Waals surface area contributed by atoms with Gasteiger partial charge in [-0.05, 0) is 36.8 Å². The normalized spacial score (nSPS) is 12.1. The van der Waals surface area contributed by atoms with E-state index in [0.29, 0.717) is 37.7 Å². The quantitative estimate of drug-likeness (QED) is 0.380.